The molecule has 1 amide bonds. The molecular formula is C22H30ClN3O4S. The lowest BCUT2D eigenvalue weighted by atomic mass is 10.1. The molecule has 0 aliphatic heterocycles. The van der Waals surface area contributed by atoms with Gasteiger partial charge in [-0.2, -0.15) is 4.31 Å². The smallest absolute Gasteiger partial charge is 0.250 e. The van der Waals surface area contributed by atoms with Gasteiger partial charge in [-0.25, -0.2) is 8.42 Å². The van der Waals surface area contributed by atoms with Crippen LogP contribution in [0.5, 0.6) is 0 Å². The number of carbonyl (C=O) groups is 1. The molecule has 0 aliphatic rings. The van der Waals surface area contributed by atoms with E-state index in [9.17, 15) is 13.2 Å². The molecule has 2 aromatic rings. The normalized spacial score (nSPS) is 12.6. The first-order valence-electron chi connectivity index (χ1n) is 9.96. The number of ether oxygens (including phenoxy) is 1. The first-order chi connectivity index (χ1) is 14.6. The lowest BCUT2D eigenvalue weighted by Crippen LogP contribution is -2.38. The lowest BCUT2D eigenvalue weighted by molar-refractivity contribution is -0.119. The molecule has 0 heterocycles. The number of methoxy groups -OCH3 is 1. The number of halogens is 1. The van der Waals surface area contributed by atoms with Gasteiger partial charge < -0.3 is 15.0 Å². The van der Waals surface area contributed by atoms with E-state index in [0.717, 1.165) is 11.3 Å². The van der Waals surface area contributed by atoms with Crippen molar-refractivity contribution in [3.8, 4) is 0 Å². The van der Waals surface area contributed by atoms with E-state index in [2.05, 4.69) is 5.32 Å². The second-order valence-electron chi connectivity index (χ2n) is 7.48. The number of nitrogens with zero attached hydrogens (tertiary/aromatic N) is 2. The topological polar surface area (TPSA) is 79.0 Å². The average Bonchev–Trinajstić information content (AvgIpc) is 2.71. The van der Waals surface area contributed by atoms with Gasteiger partial charge in [-0.3, -0.25) is 4.79 Å². The van der Waals surface area contributed by atoms with Gasteiger partial charge in [0.15, 0.2) is 0 Å². The fraction of sp³-hybridized carbons (Fsp3) is 0.409. The number of benzene rings is 2. The van der Waals surface area contributed by atoms with Crippen LogP contribution in [-0.4, -0.2) is 52.5 Å². The van der Waals surface area contributed by atoms with Gasteiger partial charge >= 0.3 is 0 Å². The summed E-state index contributed by atoms with van der Waals surface area (Å²) in [5.41, 5.74) is 2.21. The molecule has 31 heavy (non-hydrogen) atoms. The first kappa shape index (κ1) is 25.1. The van der Waals surface area contributed by atoms with Gasteiger partial charge in [0.05, 0.1) is 4.90 Å². The summed E-state index contributed by atoms with van der Waals surface area (Å²) in [6, 6.07) is 11.5. The van der Waals surface area contributed by atoms with Crippen molar-refractivity contribution in [3.05, 3.63) is 53.1 Å². The Morgan fingerprint density at radius 3 is 2.48 bits per heavy atom. The third-order valence-electron chi connectivity index (χ3n) is 4.93. The van der Waals surface area contributed by atoms with Crippen LogP contribution in [0.2, 0.25) is 5.02 Å². The molecule has 0 fully saturated rings. The second-order valence-corrected chi connectivity index (χ2v) is 9.81. The molecule has 0 spiro atoms. The van der Waals surface area contributed by atoms with Crippen molar-refractivity contribution in [2.75, 3.05) is 38.0 Å². The van der Waals surface area contributed by atoms with E-state index in [-0.39, 0.29) is 30.0 Å². The van der Waals surface area contributed by atoms with E-state index in [1.54, 1.807) is 30.3 Å². The highest BCUT2D eigenvalue weighted by Gasteiger charge is 2.29. The maximum atomic E-state index is 13.5. The zero-order valence-electron chi connectivity index (χ0n) is 18.6. The number of amides is 1. The molecule has 2 aromatic carbocycles. The monoisotopic (exact) mass is 467 g/mol. The molecule has 0 bridgehead atoms. The molecule has 1 N–H and O–H groups in total. The molecule has 0 saturated heterocycles. The van der Waals surface area contributed by atoms with Gasteiger partial charge in [-0.1, -0.05) is 24.6 Å². The van der Waals surface area contributed by atoms with Gasteiger partial charge in [0.2, 0.25) is 15.9 Å². The van der Waals surface area contributed by atoms with E-state index < -0.39 is 10.0 Å². The molecule has 0 aromatic heterocycles. The van der Waals surface area contributed by atoms with Crippen LogP contribution in [0, 0.1) is 0 Å². The van der Waals surface area contributed by atoms with Crippen LogP contribution in [-0.2, 0) is 26.1 Å². The quantitative estimate of drug-likeness (QED) is 0.571. The van der Waals surface area contributed by atoms with Gasteiger partial charge in [0.25, 0.3) is 0 Å². The first-order valence-corrected chi connectivity index (χ1v) is 11.8. The molecule has 9 heteroatoms. The summed E-state index contributed by atoms with van der Waals surface area (Å²) in [5, 5.41) is 3.14. The second kappa shape index (κ2) is 10.9. The third kappa shape index (κ3) is 6.43. The highest BCUT2D eigenvalue weighted by molar-refractivity contribution is 7.89. The van der Waals surface area contributed by atoms with Crippen molar-refractivity contribution in [3.63, 3.8) is 0 Å². The molecule has 0 saturated carbocycles. The zero-order valence-corrected chi connectivity index (χ0v) is 20.1. The predicted molar refractivity (Wildman–Crippen MR) is 125 cm³/mol. The SMILES string of the molecule is CC[C@H](C)N(Cc1cc(NC(=O)COC)ccc1N(C)C)S(=O)(=O)c1cccc(Cl)c1. The number of hydrogen-bond donors (Lipinski definition) is 1. The summed E-state index contributed by atoms with van der Waals surface area (Å²) in [6.07, 6.45) is 0.640. The molecule has 0 radical (unpaired) electrons. The average molecular weight is 468 g/mol. The summed E-state index contributed by atoms with van der Waals surface area (Å²) in [7, 11) is 1.43. The van der Waals surface area contributed by atoms with Gasteiger partial charge in [-0.15, -0.1) is 0 Å². The number of hydrogen-bond acceptors (Lipinski definition) is 5. The van der Waals surface area contributed by atoms with E-state index >= 15 is 0 Å². The Hall–Kier alpha value is -2.13. The summed E-state index contributed by atoms with van der Waals surface area (Å²) in [4.78, 5) is 14.0. The number of sulfonamides is 1. The number of carbonyl (C=O) groups excluding carboxylic acids is 1. The minimum Gasteiger partial charge on any atom is -0.377 e. The Kier molecular flexibility index (Phi) is 8.88. The minimum atomic E-state index is -3.80. The van der Waals surface area contributed by atoms with E-state index in [4.69, 9.17) is 16.3 Å². The van der Waals surface area contributed by atoms with Crippen LogP contribution in [0.1, 0.15) is 25.8 Å². The van der Waals surface area contributed by atoms with Crippen molar-refractivity contribution >= 4 is 38.9 Å². The number of anilines is 2. The molecule has 2 rings (SSSR count). The van der Waals surface area contributed by atoms with Crippen molar-refractivity contribution in [2.45, 2.75) is 37.8 Å². The fourth-order valence-electron chi connectivity index (χ4n) is 3.17. The molecular weight excluding hydrogens is 438 g/mol. The van der Waals surface area contributed by atoms with Crippen LogP contribution in [0.15, 0.2) is 47.4 Å². The maximum Gasteiger partial charge on any atom is 0.250 e. The number of rotatable bonds is 10. The van der Waals surface area contributed by atoms with E-state index in [1.165, 1.54) is 17.5 Å². The Morgan fingerprint density at radius 2 is 1.90 bits per heavy atom. The molecule has 1 atom stereocenters. The van der Waals surface area contributed by atoms with E-state index in [0.29, 0.717) is 17.1 Å². The Morgan fingerprint density at radius 1 is 1.19 bits per heavy atom. The molecule has 7 nitrogen and oxygen atoms in total. The minimum absolute atomic E-state index is 0.0626. The summed E-state index contributed by atoms with van der Waals surface area (Å²) in [6.45, 7) is 3.90. The van der Waals surface area contributed by atoms with Crippen molar-refractivity contribution in [1.82, 2.24) is 4.31 Å². The van der Waals surface area contributed by atoms with Crippen LogP contribution >= 0.6 is 11.6 Å². The Bertz CT molecular complexity index is 1010. The van der Waals surface area contributed by atoms with Crippen LogP contribution in [0.3, 0.4) is 0 Å². The van der Waals surface area contributed by atoms with Gasteiger partial charge in [0, 0.05) is 50.2 Å². The Labute approximate surface area is 190 Å². The standard InChI is InChI=1S/C22H30ClN3O4S/c1-6-16(2)26(31(28,29)20-9-7-8-18(23)13-20)14-17-12-19(24-22(27)15-30-5)10-11-21(17)25(3)4/h7-13,16H,6,14-15H2,1-5H3,(H,24,27)/t16-/m0/s1. The number of nitrogens with one attached hydrogen (secondary N) is 1. The predicted octanol–water partition coefficient (Wildman–Crippen LogP) is 3.98. The summed E-state index contributed by atoms with van der Waals surface area (Å²) in [5.74, 6) is -0.281. The van der Waals surface area contributed by atoms with Crippen molar-refractivity contribution in [1.29, 1.82) is 0 Å². The van der Waals surface area contributed by atoms with E-state index in [1.807, 2.05) is 38.9 Å². The third-order valence-corrected chi connectivity index (χ3v) is 7.12. The summed E-state index contributed by atoms with van der Waals surface area (Å²) >= 11 is 6.05. The van der Waals surface area contributed by atoms with Crippen molar-refractivity contribution in [2.24, 2.45) is 0 Å². The molecule has 0 unspecified atom stereocenters. The highest BCUT2D eigenvalue weighted by atomic mass is 35.5. The van der Waals surface area contributed by atoms with Crippen LogP contribution in [0.4, 0.5) is 11.4 Å². The highest BCUT2D eigenvalue weighted by Crippen LogP contribution is 2.29. The van der Waals surface area contributed by atoms with Crippen molar-refractivity contribution < 1.29 is 17.9 Å². The van der Waals surface area contributed by atoms with Gasteiger partial charge in [-0.05, 0) is 55.3 Å². The summed E-state index contributed by atoms with van der Waals surface area (Å²) < 4.78 is 33.3. The van der Waals surface area contributed by atoms with Crippen LogP contribution < -0.4 is 10.2 Å². The maximum absolute atomic E-state index is 13.5. The molecule has 170 valence electrons. The van der Waals surface area contributed by atoms with Crippen LogP contribution in [0.25, 0.3) is 0 Å². The zero-order chi connectivity index (χ0) is 23.2. The largest absolute Gasteiger partial charge is 0.377 e. The Balaban J connectivity index is 2.49. The van der Waals surface area contributed by atoms with Gasteiger partial charge in [0.1, 0.15) is 6.61 Å². The fourth-order valence-corrected chi connectivity index (χ4v) is 5.15. The lowest BCUT2D eigenvalue weighted by Gasteiger charge is -2.30. The molecule has 0 aliphatic carbocycles.